The average molecular weight is 269 g/mol. The molecule has 20 heavy (non-hydrogen) atoms. The minimum absolute atomic E-state index is 0.0682. The summed E-state index contributed by atoms with van der Waals surface area (Å²) in [5.41, 5.74) is 0.568. The number of hydrogen-bond acceptors (Lipinski definition) is 3. The number of hydrogen-bond donors (Lipinski definition) is 0. The van der Waals surface area contributed by atoms with Crippen LogP contribution in [0.4, 0.5) is 5.69 Å². The van der Waals surface area contributed by atoms with Crippen molar-refractivity contribution in [1.29, 1.82) is 0 Å². The SMILES string of the molecule is COc1ccccc1N1C(=O)[C@H]2[C@H](C1=O)[C@H]1C=C[C@H]2C1. The number of carbonyl (C=O) groups is 2. The van der Waals surface area contributed by atoms with Crippen LogP contribution in [0.25, 0.3) is 0 Å². The van der Waals surface area contributed by atoms with E-state index in [-0.39, 0.29) is 35.5 Å². The summed E-state index contributed by atoms with van der Waals surface area (Å²) >= 11 is 0. The van der Waals surface area contributed by atoms with Gasteiger partial charge in [-0.1, -0.05) is 24.3 Å². The van der Waals surface area contributed by atoms with E-state index in [2.05, 4.69) is 12.2 Å². The first-order chi connectivity index (χ1) is 9.72. The van der Waals surface area contributed by atoms with E-state index in [0.717, 1.165) is 6.42 Å². The molecule has 1 heterocycles. The minimum Gasteiger partial charge on any atom is -0.495 e. The molecule has 1 saturated carbocycles. The maximum absolute atomic E-state index is 12.7. The number of fused-ring (bicyclic) bond motifs is 5. The zero-order valence-corrected chi connectivity index (χ0v) is 11.2. The van der Waals surface area contributed by atoms with Crippen LogP contribution in [-0.2, 0) is 9.59 Å². The van der Waals surface area contributed by atoms with Gasteiger partial charge in [0.05, 0.1) is 24.6 Å². The standard InChI is InChI=1S/C16H15NO3/c1-20-12-5-3-2-4-11(12)17-15(18)13-9-6-7-10(8-9)14(13)16(17)19/h2-7,9-10,13-14H,8H2,1H3/t9-,10-,13+,14+/m0/s1. The van der Waals surface area contributed by atoms with Gasteiger partial charge in [-0.2, -0.15) is 0 Å². The predicted octanol–water partition coefficient (Wildman–Crippen LogP) is 2.01. The van der Waals surface area contributed by atoms with Gasteiger partial charge in [-0.05, 0) is 30.4 Å². The highest BCUT2D eigenvalue weighted by atomic mass is 16.5. The van der Waals surface area contributed by atoms with E-state index >= 15 is 0 Å². The molecule has 0 radical (unpaired) electrons. The van der Waals surface area contributed by atoms with Gasteiger partial charge in [0.25, 0.3) is 0 Å². The molecule has 3 aliphatic rings. The highest BCUT2D eigenvalue weighted by Crippen LogP contribution is 2.53. The van der Waals surface area contributed by atoms with Gasteiger partial charge in [0.2, 0.25) is 11.8 Å². The second-order valence-electron chi connectivity index (χ2n) is 5.68. The van der Waals surface area contributed by atoms with Crippen LogP contribution in [-0.4, -0.2) is 18.9 Å². The lowest BCUT2D eigenvalue weighted by molar-refractivity contribution is -0.123. The van der Waals surface area contributed by atoms with E-state index < -0.39 is 0 Å². The fraction of sp³-hybridized carbons (Fsp3) is 0.375. The Balaban J connectivity index is 1.78. The number of rotatable bonds is 2. The fourth-order valence-corrected chi connectivity index (χ4v) is 3.95. The molecule has 4 rings (SSSR count). The largest absolute Gasteiger partial charge is 0.495 e. The molecule has 4 heteroatoms. The van der Waals surface area contributed by atoms with Crippen molar-refractivity contribution >= 4 is 17.5 Å². The number of carbonyl (C=O) groups excluding carboxylic acids is 2. The quantitative estimate of drug-likeness (QED) is 0.609. The summed E-state index contributed by atoms with van der Waals surface area (Å²) in [6, 6.07) is 7.20. The first-order valence-electron chi connectivity index (χ1n) is 6.91. The van der Waals surface area contributed by atoms with Crippen LogP contribution in [0.15, 0.2) is 36.4 Å². The maximum atomic E-state index is 12.7. The van der Waals surface area contributed by atoms with Crippen LogP contribution in [0.5, 0.6) is 5.75 Å². The van der Waals surface area contributed by atoms with Crippen LogP contribution >= 0.6 is 0 Å². The molecular weight excluding hydrogens is 254 g/mol. The van der Waals surface area contributed by atoms with Gasteiger partial charge in [-0.25, -0.2) is 4.90 Å². The van der Waals surface area contributed by atoms with Gasteiger partial charge in [0.1, 0.15) is 5.75 Å². The summed E-state index contributed by atoms with van der Waals surface area (Å²) in [6.45, 7) is 0. The molecule has 0 N–H and O–H groups in total. The Morgan fingerprint density at radius 2 is 1.65 bits per heavy atom. The van der Waals surface area contributed by atoms with E-state index in [4.69, 9.17) is 4.74 Å². The lowest BCUT2D eigenvalue weighted by atomic mass is 9.85. The summed E-state index contributed by atoms with van der Waals surface area (Å²) < 4.78 is 5.28. The fourth-order valence-electron chi connectivity index (χ4n) is 3.95. The van der Waals surface area contributed by atoms with Crippen molar-refractivity contribution < 1.29 is 14.3 Å². The van der Waals surface area contributed by atoms with Crippen molar-refractivity contribution in [2.45, 2.75) is 6.42 Å². The average Bonchev–Trinajstić information content (AvgIpc) is 3.13. The van der Waals surface area contributed by atoms with Crippen molar-refractivity contribution in [3.63, 3.8) is 0 Å². The van der Waals surface area contributed by atoms with Gasteiger partial charge in [-0.3, -0.25) is 9.59 Å². The number of nitrogens with zero attached hydrogens (tertiary/aromatic N) is 1. The lowest BCUT2D eigenvalue weighted by Crippen LogP contribution is -2.33. The summed E-state index contributed by atoms with van der Waals surface area (Å²) in [5, 5.41) is 0. The third-order valence-corrected chi connectivity index (χ3v) is 4.80. The smallest absolute Gasteiger partial charge is 0.238 e. The number of imide groups is 1. The van der Waals surface area contributed by atoms with Gasteiger partial charge in [-0.15, -0.1) is 0 Å². The molecular formula is C16H15NO3. The highest BCUT2D eigenvalue weighted by Gasteiger charge is 2.59. The zero-order valence-electron chi connectivity index (χ0n) is 11.2. The summed E-state index contributed by atoms with van der Waals surface area (Å²) in [5.74, 6) is 0.573. The normalized spacial score (nSPS) is 34.0. The van der Waals surface area contributed by atoms with E-state index in [0.29, 0.717) is 11.4 Å². The van der Waals surface area contributed by atoms with Gasteiger partial charge in [0.15, 0.2) is 0 Å². The van der Waals surface area contributed by atoms with Crippen LogP contribution < -0.4 is 9.64 Å². The van der Waals surface area contributed by atoms with Crippen molar-refractivity contribution in [1.82, 2.24) is 0 Å². The number of para-hydroxylation sites is 2. The van der Waals surface area contributed by atoms with Crippen molar-refractivity contribution in [3.05, 3.63) is 36.4 Å². The van der Waals surface area contributed by atoms with Crippen LogP contribution in [0.3, 0.4) is 0 Å². The molecule has 0 unspecified atom stereocenters. The van der Waals surface area contributed by atoms with Gasteiger partial charge >= 0.3 is 0 Å². The molecule has 2 amide bonds. The number of anilines is 1. The Morgan fingerprint density at radius 3 is 2.25 bits per heavy atom. The Labute approximate surface area is 117 Å². The summed E-state index contributed by atoms with van der Waals surface area (Å²) in [4.78, 5) is 26.7. The molecule has 2 fully saturated rings. The Kier molecular flexibility index (Phi) is 2.31. The number of amides is 2. The number of benzene rings is 1. The van der Waals surface area contributed by atoms with Crippen LogP contribution in [0, 0.1) is 23.7 Å². The van der Waals surface area contributed by atoms with Gasteiger partial charge < -0.3 is 4.74 Å². The Bertz CT molecular complexity index is 606. The first kappa shape index (κ1) is 11.7. The van der Waals surface area contributed by atoms with E-state index in [1.807, 2.05) is 12.1 Å². The molecule has 102 valence electrons. The zero-order chi connectivity index (χ0) is 13.9. The molecule has 2 aliphatic carbocycles. The van der Waals surface area contributed by atoms with Crippen molar-refractivity contribution in [2.75, 3.05) is 12.0 Å². The second kappa shape index (κ2) is 3.95. The van der Waals surface area contributed by atoms with E-state index in [1.165, 1.54) is 4.90 Å². The lowest BCUT2D eigenvalue weighted by Gasteiger charge is -2.19. The van der Waals surface area contributed by atoms with Crippen molar-refractivity contribution in [3.8, 4) is 5.75 Å². The van der Waals surface area contributed by atoms with Crippen LogP contribution in [0.2, 0.25) is 0 Å². The maximum Gasteiger partial charge on any atom is 0.238 e. The topological polar surface area (TPSA) is 46.6 Å². The first-order valence-corrected chi connectivity index (χ1v) is 6.91. The Morgan fingerprint density at radius 1 is 1.05 bits per heavy atom. The molecule has 4 nitrogen and oxygen atoms in total. The van der Waals surface area contributed by atoms with Gasteiger partial charge in [0, 0.05) is 0 Å². The molecule has 0 spiro atoms. The molecule has 1 aromatic carbocycles. The number of allylic oxidation sites excluding steroid dienone is 2. The molecule has 1 saturated heterocycles. The molecule has 4 atom stereocenters. The predicted molar refractivity (Wildman–Crippen MR) is 73.2 cm³/mol. The third-order valence-electron chi connectivity index (χ3n) is 4.80. The molecule has 2 bridgehead atoms. The van der Waals surface area contributed by atoms with E-state index in [1.54, 1.807) is 19.2 Å². The monoisotopic (exact) mass is 269 g/mol. The summed E-state index contributed by atoms with van der Waals surface area (Å²) in [7, 11) is 1.55. The molecule has 1 aromatic rings. The Hall–Kier alpha value is -2.10. The molecule has 1 aliphatic heterocycles. The minimum atomic E-state index is -0.164. The third kappa shape index (κ3) is 1.31. The second-order valence-corrected chi connectivity index (χ2v) is 5.68. The number of methoxy groups -OCH3 is 1. The highest BCUT2D eigenvalue weighted by molar-refractivity contribution is 6.23. The van der Waals surface area contributed by atoms with Crippen molar-refractivity contribution in [2.24, 2.45) is 23.7 Å². The number of ether oxygens (including phenoxy) is 1. The van der Waals surface area contributed by atoms with Crippen LogP contribution in [0.1, 0.15) is 6.42 Å². The van der Waals surface area contributed by atoms with E-state index in [9.17, 15) is 9.59 Å². The summed E-state index contributed by atoms with van der Waals surface area (Å²) in [6.07, 6.45) is 5.15. The molecule has 0 aromatic heterocycles.